The molecule has 1 N–H and O–H groups in total. The van der Waals surface area contributed by atoms with Crippen LogP contribution in [-0.4, -0.2) is 11.7 Å². The fourth-order valence-corrected chi connectivity index (χ4v) is 0.938. The summed E-state index contributed by atoms with van der Waals surface area (Å²) in [6, 6.07) is 6.50. The maximum absolute atomic E-state index is 8.97. The largest absolute Gasteiger partial charge is 0.508 e. The van der Waals surface area contributed by atoms with E-state index < -0.39 is 0 Å². The number of rotatable bonds is 3. The maximum Gasteiger partial charge on any atom is 0.120 e. The zero-order valence-electron chi connectivity index (χ0n) is 6.71. The molecule has 4 heteroatoms. The van der Waals surface area contributed by atoms with Gasteiger partial charge in [-0.1, -0.05) is 11.6 Å². The van der Waals surface area contributed by atoms with Crippen LogP contribution in [0.3, 0.4) is 0 Å². The lowest BCUT2D eigenvalue weighted by Gasteiger charge is -2.02. The monoisotopic (exact) mass is 262 g/mol. The van der Waals surface area contributed by atoms with Crippen molar-refractivity contribution in [1.82, 2.24) is 0 Å². The first-order chi connectivity index (χ1) is 6.18. The topological polar surface area (TPSA) is 29.5 Å². The van der Waals surface area contributed by atoms with Crippen LogP contribution in [0.1, 0.15) is 0 Å². The Morgan fingerprint density at radius 3 is 2.62 bits per heavy atom. The average Bonchev–Trinajstić information content (AvgIpc) is 2.08. The molecule has 0 radical (unpaired) electrons. The minimum atomic E-state index is 0.224. The summed E-state index contributed by atoms with van der Waals surface area (Å²) < 4.78 is 5.79. The fourth-order valence-electron chi connectivity index (χ4n) is 0.743. The number of ether oxygens (including phenoxy) is 1. The smallest absolute Gasteiger partial charge is 0.120 e. The van der Waals surface area contributed by atoms with E-state index >= 15 is 0 Å². The lowest BCUT2D eigenvalue weighted by atomic mass is 10.3. The van der Waals surface area contributed by atoms with Gasteiger partial charge in [-0.3, -0.25) is 0 Å². The van der Waals surface area contributed by atoms with Gasteiger partial charge in [-0.25, -0.2) is 0 Å². The van der Waals surface area contributed by atoms with E-state index in [9.17, 15) is 0 Å². The molecule has 1 aromatic carbocycles. The normalized spacial score (nSPS) is 11.4. The Morgan fingerprint density at radius 1 is 1.46 bits per heavy atom. The molecule has 0 unspecified atom stereocenters. The van der Waals surface area contributed by atoms with Crippen molar-refractivity contribution >= 4 is 27.5 Å². The molecule has 0 amide bonds. The minimum absolute atomic E-state index is 0.224. The fraction of sp³-hybridized carbons (Fsp3) is 0.111. The van der Waals surface area contributed by atoms with Crippen molar-refractivity contribution in [2.24, 2.45) is 0 Å². The van der Waals surface area contributed by atoms with Crippen LogP contribution in [-0.2, 0) is 0 Å². The summed E-state index contributed by atoms with van der Waals surface area (Å²) in [5, 5.41) is 8.97. The van der Waals surface area contributed by atoms with E-state index in [-0.39, 0.29) is 5.75 Å². The number of halogens is 2. The highest BCUT2D eigenvalue weighted by Gasteiger charge is 1.92. The molecular formula is C9H8BrClO2. The van der Waals surface area contributed by atoms with E-state index in [1.165, 1.54) is 0 Å². The zero-order valence-corrected chi connectivity index (χ0v) is 9.05. The summed E-state index contributed by atoms with van der Waals surface area (Å²) in [7, 11) is 0. The molecule has 0 aromatic heterocycles. The number of benzene rings is 1. The molecule has 13 heavy (non-hydrogen) atoms. The lowest BCUT2D eigenvalue weighted by Crippen LogP contribution is -1.92. The highest BCUT2D eigenvalue weighted by atomic mass is 79.9. The molecule has 0 saturated carbocycles. The summed E-state index contributed by atoms with van der Waals surface area (Å²) in [5.74, 6) is 0.917. The van der Waals surface area contributed by atoms with Gasteiger partial charge in [0.25, 0.3) is 0 Å². The summed E-state index contributed by atoms with van der Waals surface area (Å²) in [6.45, 7) is 0.398. The van der Waals surface area contributed by atoms with E-state index in [0.29, 0.717) is 16.3 Å². The van der Waals surface area contributed by atoms with Gasteiger partial charge in [0.15, 0.2) is 0 Å². The minimum Gasteiger partial charge on any atom is -0.508 e. The van der Waals surface area contributed by atoms with E-state index in [1.54, 1.807) is 30.3 Å². The molecule has 0 saturated heterocycles. The predicted molar refractivity (Wildman–Crippen MR) is 56.5 cm³/mol. The summed E-state index contributed by atoms with van der Waals surface area (Å²) >= 11 is 8.59. The molecule has 0 fully saturated rings. The molecule has 0 aliphatic heterocycles. The van der Waals surface area contributed by atoms with Crippen molar-refractivity contribution < 1.29 is 9.84 Å². The van der Waals surface area contributed by atoms with E-state index in [4.69, 9.17) is 21.4 Å². The van der Waals surface area contributed by atoms with Gasteiger partial charge in [-0.05, 0) is 46.3 Å². The first-order valence-electron chi connectivity index (χ1n) is 3.61. The third kappa shape index (κ3) is 4.20. The number of aromatic hydroxyl groups is 1. The van der Waals surface area contributed by atoms with Crippen molar-refractivity contribution in [3.8, 4) is 11.5 Å². The second-order valence-electron chi connectivity index (χ2n) is 2.30. The Morgan fingerprint density at radius 2 is 2.08 bits per heavy atom. The van der Waals surface area contributed by atoms with Crippen LogP contribution in [0.15, 0.2) is 34.3 Å². The van der Waals surface area contributed by atoms with Crippen molar-refractivity contribution in [1.29, 1.82) is 0 Å². The second kappa shape index (κ2) is 5.14. The summed E-state index contributed by atoms with van der Waals surface area (Å²) in [4.78, 5) is 0. The molecule has 0 aliphatic rings. The highest BCUT2D eigenvalue weighted by molar-refractivity contribution is 9.12. The van der Waals surface area contributed by atoms with Crippen molar-refractivity contribution in [2.45, 2.75) is 0 Å². The van der Waals surface area contributed by atoms with Gasteiger partial charge < -0.3 is 9.84 Å². The predicted octanol–water partition coefficient (Wildman–Crippen LogP) is 3.25. The van der Waals surface area contributed by atoms with Crippen LogP contribution in [0.25, 0.3) is 0 Å². The number of phenols is 1. The van der Waals surface area contributed by atoms with E-state index in [1.807, 2.05) is 0 Å². The van der Waals surface area contributed by atoms with Crippen molar-refractivity contribution in [2.75, 3.05) is 6.61 Å². The van der Waals surface area contributed by atoms with Crippen LogP contribution in [0.5, 0.6) is 11.5 Å². The molecule has 0 bridgehead atoms. The molecule has 0 atom stereocenters. The van der Waals surface area contributed by atoms with Crippen molar-refractivity contribution in [3.05, 3.63) is 34.3 Å². The van der Waals surface area contributed by atoms with Gasteiger partial charge in [0.1, 0.15) is 18.1 Å². The maximum atomic E-state index is 8.97. The van der Waals surface area contributed by atoms with Gasteiger partial charge in [0.05, 0.1) is 3.94 Å². The Hall–Kier alpha value is -0.670. The Labute approximate surface area is 89.9 Å². The number of hydrogen-bond acceptors (Lipinski definition) is 2. The molecule has 70 valence electrons. The van der Waals surface area contributed by atoms with Crippen LogP contribution in [0.4, 0.5) is 0 Å². The van der Waals surface area contributed by atoms with Crippen LogP contribution in [0.2, 0.25) is 0 Å². The van der Waals surface area contributed by atoms with E-state index in [2.05, 4.69) is 15.9 Å². The quantitative estimate of drug-likeness (QED) is 0.907. The van der Waals surface area contributed by atoms with E-state index in [0.717, 1.165) is 0 Å². The second-order valence-corrected chi connectivity index (χ2v) is 4.02. The molecule has 1 aromatic rings. The van der Waals surface area contributed by atoms with Crippen LogP contribution in [0, 0.1) is 0 Å². The summed E-state index contributed by atoms with van der Waals surface area (Å²) in [6.07, 6.45) is 1.69. The van der Waals surface area contributed by atoms with Gasteiger partial charge in [-0.15, -0.1) is 0 Å². The first-order valence-corrected chi connectivity index (χ1v) is 4.78. The zero-order chi connectivity index (χ0) is 9.68. The van der Waals surface area contributed by atoms with Gasteiger partial charge >= 0.3 is 0 Å². The SMILES string of the molecule is Oc1ccc(OCC=C(Cl)Br)cc1. The molecular weight excluding hydrogens is 255 g/mol. The highest BCUT2D eigenvalue weighted by Crippen LogP contribution is 2.16. The van der Waals surface area contributed by atoms with Crippen molar-refractivity contribution in [3.63, 3.8) is 0 Å². The number of hydrogen-bond donors (Lipinski definition) is 1. The Kier molecular flexibility index (Phi) is 4.12. The third-order valence-corrected chi connectivity index (χ3v) is 1.80. The van der Waals surface area contributed by atoms with Gasteiger partial charge in [-0.2, -0.15) is 0 Å². The third-order valence-electron chi connectivity index (χ3n) is 1.32. The molecule has 0 heterocycles. The van der Waals surface area contributed by atoms with Gasteiger partial charge in [0, 0.05) is 0 Å². The Balaban J connectivity index is 2.46. The standard InChI is InChI=1S/C9H8BrClO2/c10-9(11)5-6-13-8-3-1-7(12)2-4-8/h1-5,12H,6H2. The first kappa shape index (κ1) is 10.4. The average molecular weight is 264 g/mol. The molecule has 0 aliphatic carbocycles. The Bertz CT molecular complexity index is 291. The van der Waals surface area contributed by atoms with Crippen LogP contribution < -0.4 is 4.74 Å². The lowest BCUT2D eigenvalue weighted by molar-refractivity contribution is 0.362. The van der Waals surface area contributed by atoms with Gasteiger partial charge in [0.2, 0.25) is 0 Å². The molecule has 1 rings (SSSR count). The van der Waals surface area contributed by atoms with Crippen LogP contribution >= 0.6 is 27.5 Å². The molecule has 0 spiro atoms. The molecule has 2 nitrogen and oxygen atoms in total. The summed E-state index contributed by atoms with van der Waals surface area (Å²) in [5.41, 5.74) is 0. The number of phenolic OH excluding ortho intramolecular Hbond substituents is 1.